The van der Waals surface area contributed by atoms with Gasteiger partial charge in [0, 0.05) is 0 Å². The van der Waals surface area contributed by atoms with Crippen molar-refractivity contribution in [2.45, 2.75) is 40.5 Å². The Labute approximate surface area is 115 Å². The van der Waals surface area contributed by atoms with Crippen molar-refractivity contribution in [2.24, 2.45) is 0 Å². The highest BCUT2D eigenvalue weighted by molar-refractivity contribution is 6.05. The molecular weight excluding hydrogens is 246 g/mol. The first kappa shape index (κ1) is 19.7. The normalized spacial score (nSPS) is 11.6. The first-order valence-corrected chi connectivity index (χ1v) is 6.53. The average molecular weight is 271 g/mol. The quantitative estimate of drug-likeness (QED) is 0.489. The number of rotatable bonds is 7. The van der Waals surface area contributed by atoms with E-state index in [1.54, 1.807) is 13.8 Å². The summed E-state index contributed by atoms with van der Waals surface area (Å²) in [6, 6.07) is 0. The molecule has 0 unspecified atom stereocenters. The minimum absolute atomic E-state index is 0.137. The number of hydrogen-bond acceptors (Lipinski definition) is 3. The van der Waals surface area contributed by atoms with Gasteiger partial charge in [0.15, 0.2) is 0 Å². The van der Waals surface area contributed by atoms with Gasteiger partial charge in [0.1, 0.15) is 0 Å². The monoisotopic (exact) mass is 271 g/mol. The Morgan fingerprint density at radius 1 is 0.842 bits per heavy atom. The Kier molecular flexibility index (Phi) is 13.3. The first-order valence-electron chi connectivity index (χ1n) is 6.53. The van der Waals surface area contributed by atoms with Gasteiger partial charge in [-0.3, -0.25) is 0 Å². The van der Waals surface area contributed by atoms with E-state index in [4.69, 9.17) is 10.2 Å². The number of hydrogen-bond donors (Lipinski definition) is 3. The number of carboxylic acids is 2. The summed E-state index contributed by atoms with van der Waals surface area (Å²) in [6.45, 7) is 9.91. The van der Waals surface area contributed by atoms with Gasteiger partial charge in [0.25, 0.3) is 0 Å². The van der Waals surface area contributed by atoms with Crippen molar-refractivity contribution in [1.82, 2.24) is 5.32 Å². The minimum atomic E-state index is -1.20. The molecule has 0 aliphatic heterocycles. The molecule has 110 valence electrons. The number of carboxylic acid groups (broad SMARTS) is 2. The number of carbonyl (C=O) groups is 2. The van der Waals surface area contributed by atoms with Crippen molar-refractivity contribution in [3.63, 3.8) is 0 Å². The van der Waals surface area contributed by atoms with E-state index in [0.717, 1.165) is 13.1 Å². The fraction of sp³-hybridized carbons (Fsp3) is 0.571. The summed E-state index contributed by atoms with van der Waals surface area (Å²) < 4.78 is 0. The highest BCUT2D eigenvalue weighted by atomic mass is 16.4. The van der Waals surface area contributed by atoms with Crippen molar-refractivity contribution in [1.29, 1.82) is 0 Å². The first-order chi connectivity index (χ1) is 8.95. The zero-order chi connectivity index (χ0) is 15.3. The number of aliphatic carboxylic acids is 2. The van der Waals surface area contributed by atoms with Crippen molar-refractivity contribution in [3.8, 4) is 0 Å². The largest absolute Gasteiger partial charge is 0.478 e. The second kappa shape index (κ2) is 12.8. The van der Waals surface area contributed by atoms with E-state index in [-0.39, 0.29) is 11.1 Å². The van der Waals surface area contributed by atoms with E-state index in [1.165, 1.54) is 12.2 Å². The van der Waals surface area contributed by atoms with Crippen LogP contribution < -0.4 is 5.32 Å². The molecule has 0 radical (unpaired) electrons. The van der Waals surface area contributed by atoms with E-state index in [0.29, 0.717) is 12.8 Å². The summed E-state index contributed by atoms with van der Waals surface area (Å²) in [6.07, 6.45) is 3.79. The highest BCUT2D eigenvalue weighted by Gasteiger charge is 2.18. The number of nitrogens with one attached hydrogen (secondary N) is 1. The van der Waals surface area contributed by atoms with Crippen LogP contribution >= 0.6 is 0 Å². The molecule has 0 spiro atoms. The van der Waals surface area contributed by atoms with Crippen LogP contribution in [0.5, 0.6) is 0 Å². The third-order valence-corrected chi connectivity index (χ3v) is 2.07. The zero-order valence-electron chi connectivity index (χ0n) is 12.2. The van der Waals surface area contributed by atoms with Gasteiger partial charge >= 0.3 is 11.9 Å². The van der Waals surface area contributed by atoms with E-state index < -0.39 is 11.9 Å². The lowest BCUT2D eigenvalue weighted by Gasteiger charge is -2.02. The topological polar surface area (TPSA) is 86.6 Å². The second-order valence-corrected chi connectivity index (χ2v) is 3.62. The third-order valence-electron chi connectivity index (χ3n) is 2.07. The van der Waals surface area contributed by atoms with Crippen LogP contribution in [0.2, 0.25) is 0 Å². The maximum atomic E-state index is 10.7. The fourth-order valence-electron chi connectivity index (χ4n) is 1.28. The van der Waals surface area contributed by atoms with E-state index in [9.17, 15) is 9.59 Å². The smallest absolute Gasteiger partial charge is 0.336 e. The summed E-state index contributed by atoms with van der Waals surface area (Å²) in [5.41, 5.74) is -0.274. The Morgan fingerprint density at radius 3 is 1.26 bits per heavy atom. The van der Waals surface area contributed by atoms with Gasteiger partial charge < -0.3 is 15.5 Å². The fourth-order valence-corrected chi connectivity index (χ4v) is 1.28. The summed E-state index contributed by atoms with van der Waals surface area (Å²) >= 11 is 0. The van der Waals surface area contributed by atoms with Crippen LogP contribution in [0.1, 0.15) is 40.5 Å². The van der Waals surface area contributed by atoms with Gasteiger partial charge in [-0.15, -0.1) is 0 Å². The number of allylic oxidation sites excluding steroid dienone is 2. The van der Waals surface area contributed by atoms with Gasteiger partial charge in [-0.2, -0.15) is 0 Å². The van der Waals surface area contributed by atoms with Crippen LogP contribution in [0.3, 0.4) is 0 Å². The molecule has 0 aliphatic carbocycles. The molecule has 0 heterocycles. The molecule has 5 nitrogen and oxygen atoms in total. The van der Waals surface area contributed by atoms with Gasteiger partial charge in [-0.25, -0.2) is 9.59 Å². The lowest BCUT2D eigenvalue weighted by molar-refractivity contribution is -0.136. The molecule has 0 aromatic heterocycles. The lowest BCUT2D eigenvalue weighted by Crippen LogP contribution is -2.11. The standard InChI is InChI=1S/C10H14O4.C4H11N/c1-3-5-7(9(11)12)8(6-4-2)10(13)14;1-3-5-4-2/h5-6H,3-4H2,1-2H3,(H,11,12)(H,13,14);5H,3-4H2,1-2H3. The Hall–Kier alpha value is -1.62. The summed E-state index contributed by atoms with van der Waals surface area (Å²) in [7, 11) is 0. The molecule has 19 heavy (non-hydrogen) atoms. The summed E-state index contributed by atoms with van der Waals surface area (Å²) in [4.78, 5) is 21.5. The molecule has 0 amide bonds. The van der Waals surface area contributed by atoms with Gasteiger partial charge in [0.05, 0.1) is 11.1 Å². The van der Waals surface area contributed by atoms with Crippen molar-refractivity contribution >= 4 is 11.9 Å². The summed E-state index contributed by atoms with van der Waals surface area (Å²) in [5, 5.41) is 20.7. The molecule has 0 aliphatic rings. The van der Waals surface area contributed by atoms with Crippen LogP contribution in [-0.2, 0) is 9.59 Å². The minimum Gasteiger partial charge on any atom is -0.478 e. The van der Waals surface area contributed by atoms with Gasteiger partial charge in [-0.05, 0) is 25.9 Å². The Balaban J connectivity index is 0. The maximum Gasteiger partial charge on any atom is 0.336 e. The molecule has 0 atom stereocenters. The molecule has 0 aromatic rings. The Morgan fingerprint density at radius 2 is 1.16 bits per heavy atom. The molecule has 0 rings (SSSR count). The third kappa shape index (κ3) is 10.0. The van der Waals surface area contributed by atoms with Gasteiger partial charge in [-0.1, -0.05) is 39.8 Å². The Bertz CT molecular complexity index is 300. The molecule has 5 heteroatoms. The van der Waals surface area contributed by atoms with Crippen LogP contribution in [0.25, 0.3) is 0 Å². The van der Waals surface area contributed by atoms with Crippen LogP contribution in [-0.4, -0.2) is 35.2 Å². The molecular formula is C14H25NO4. The van der Waals surface area contributed by atoms with E-state index in [1.807, 2.05) is 0 Å². The van der Waals surface area contributed by atoms with Crippen molar-refractivity contribution < 1.29 is 19.8 Å². The maximum absolute atomic E-state index is 10.7. The molecule has 0 saturated heterocycles. The van der Waals surface area contributed by atoms with E-state index >= 15 is 0 Å². The highest BCUT2D eigenvalue weighted by Crippen LogP contribution is 2.12. The van der Waals surface area contributed by atoms with Crippen LogP contribution in [0.4, 0.5) is 0 Å². The van der Waals surface area contributed by atoms with Gasteiger partial charge in [0.2, 0.25) is 0 Å². The molecule has 3 N–H and O–H groups in total. The van der Waals surface area contributed by atoms with Crippen LogP contribution in [0, 0.1) is 0 Å². The lowest BCUT2D eigenvalue weighted by atomic mass is 10.0. The zero-order valence-corrected chi connectivity index (χ0v) is 12.2. The predicted molar refractivity (Wildman–Crippen MR) is 76.2 cm³/mol. The molecule has 0 aromatic carbocycles. The average Bonchev–Trinajstić information content (AvgIpc) is 2.34. The van der Waals surface area contributed by atoms with Crippen molar-refractivity contribution in [3.05, 3.63) is 23.3 Å². The molecule has 0 bridgehead atoms. The SMILES string of the molecule is CCC=C(C(=O)O)C(=CCC)C(=O)O.CCNCC. The van der Waals surface area contributed by atoms with E-state index in [2.05, 4.69) is 19.2 Å². The second-order valence-electron chi connectivity index (χ2n) is 3.62. The predicted octanol–water partition coefficient (Wildman–Crippen LogP) is 2.44. The van der Waals surface area contributed by atoms with Crippen molar-refractivity contribution in [2.75, 3.05) is 13.1 Å². The summed E-state index contributed by atoms with van der Waals surface area (Å²) in [5.74, 6) is -2.40. The molecule has 0 fully saturated rings. The van der Waals surface area contributed by atoms with Crippen LogP contribution in [0.15, 0.2) is 23.3 Å². The molecule has 0 saturated carbocycles.